The summed E-state index contributed by atoms with van der Waals surface area (Å²) >= 11 is 0. The van der Waals surface area contributed by atoms with Crippen molar-refractivity contribution < 1.29 is 23.8 Å². The number of aliphatic hydroxyl groups excluding tert-OH is 1. The van der Waals surface area contributed by atoms with Gasteiger partial charge in [0.05, 0.1) is 33.0 Å². The zero-order valence-corrected chi connectivity index (χ0v) is 14.3. The Balaban J connectivity index is 1.63. The first kappa shape index (κ1) is 18.3. The molecule has 0 bridgehead atoms. The van der Waals surface area contributed by atoms with Crippen LogP contribution in [-0.4, -0.2) is 85.6 Å². The third kappa shape index (κ3) is 4.55. The second-order valence-corrected chi connectivity index (χ2v) is 6.66. The summed E-state index contributed by atoms with van der Waals surface area (Å²) in [5.41, 5.74) is -0.371. The van der Waals surface area contributed by atoms with Crippen molar-refractivity contribution in [2.24, 2.45) is 0 Å². The topological polar surface area (TPSA) is 62.2 Å². The molecule has 1 amide bonds. The zero-order valence-electron chi connectivity index (χ0n) is 14.3. The Morgan fingerprint density at radius 2 is 1.96 bits per heavy atom. The number of carbonyl (C=O) groups excluding carboxylic acids is 1. The van der Waals surface area contributed by atoms with Gasteiger partial charge in [0.15, 0.2) is 0 Å². The maximum Gasteiger partial charge on any atom is 0.236 e. The molecular weight excluding hydrogens is 327 g/mol. The van der Waals surface area contributed by atoms with Crippen molar-refractivity contribution in [2.75, 3.05) is 59.2 Å². The van der Waals surface area contributed by atoms with E-state index < -0.39 is 5.60 Å². The standard InChI is InChI=1S/C18H25FN2O4/c19-16-4-2-1-3-15(16)11-18(14-22)13-20(5-10-25-18)12-17(23)21-6-8-24-9-7-21/h1-4,22H,5-14H2/t18-/m0/s1. The molecule has 138 valence electrons. The van der Waals surface area contributed by atoms with Crippen LogP contribution in [0.4, 0.5) is 4.39 Å². The number of amides is 1. The van der Waals surface area contributed by atoms with Gasteiger partial charge in [-0.05, 0) is 11.6 Å². The average Bonchev–Trinajstić information content (AvgIpc) is 2.65. The Morgan fingerprint density at radius 1 is 1.20 bits per heavy atom. The Labute approximate surface area is 147 Å². The van der Waals surface area contributed by atoms with Gasteiger partial charge in [-0.15, -0.1) is 0 Å². The Kier molecular flexibility index (Phi) is 6.01. The summed E-state index contributed by atoms with van der Waals surface area (Å²) < 4.78 is 25.1. The highest BCUT2D eigenvalue weighted by molar-refractivity contribution is 5.78. The van der Waals surface area contributed by atoms with E-state index in [-0.39, 0.29) is 31.3 Å². The van der Waals surface area contributed by atoms with Crippen LogP contribution in [0.15, 0.2) is 24.3 Å². The molecule has 0 aliphatic carbocycles. The summed E-state index contributed by atoms with van der Waals surface area (Å²) in [6.07, 6.45) is 0.276. The van der Waals surface area contributed by atoms with Crippen LogP contribution in [0.25, 0.3) is 0 Å². The van der Waals surface area contributed by atoms with Crippen molar-refractivity contribution in [2.45, 2.75) is 12.0 Å². The first-order valence-corrected chi connectivity index (χ1v) is 8.68. The lowest BCUT2D eigenvalue weighted by Crippen LogP contribution is -2.57. The Hall–Kier alpha value is -1.54. The lowest BCUT2D eigenvalue weighted by molar-refractivity contribution is -0.149. The second kappa shape index (κ2) is 8.23. The van der Waals surface area contributed by atoms with Crippen LogP contribution >= 0.6 is 0 Å². The van der Waals surface area contributed by atoms with Crippen LogP contribution in [0, 0.1) is 5.82 Å². The van der Waals surface area contributed by atoms with Crippen molar-refractivity contribution >= 4 is 5.91 Å². The van der Waals surface area contributed by atoms with E-state index in [0.717, 1.165) is 0 Å². The molecule has 2 fully saturated rings. The number of aliphatic hydroxyl groups is 1. The summed E-state index contributed by atoms with van der Waals surface area (Å²) in [6.45, 7) is 3.86. The molecule has 1 aromatic carbocycles. The van der Waals surface area contributed by atoms with Crippen molar-refractivity contribution in [3.8, 4) is 0 Å². The fourth-order valence-corrected chi connectivity index (χ4v) is 3.41. The molecule has 2 aliphatic rings. The third-order valence-corrected chi connectivity index (χ3v) is 4.81. The van der Waals surface area contributed by atoms with Crippen LogP contribution in [0.1, 0.15) is 5.56 Å². The van der Waals surface area contributed by atoms with Gasteiger partial charge in [-0.25, -0.2) is 4.39 Å². The molecule has 2 saturated heterocycles. The monoisotopic (exact) mass is 352 g/mol. The van der Waals surface area contributed by atoms with Crippen molar-refractivity contribution in [3.63, 3.8) is 0 Å². The number of benzene rings is 1. The number of rotatable bonds is 5. The van der Waals surface area contributed by atoms with E-state index in [1.807, 2.05) is 4.90 Å². The van der Waals surface area contributed by atoms with Gasteiger partial charge in [-0.3, -0.25) is 9.69 Å². The SMILES string of the molecule is O=C(CN1CCO[C@@](CO)(Cc2ccccc2F)C1)N1CCOCC1. The van der Waals surface area contributed by atoms with Crippen LogP contribution in [-0.2, 0) is 20.7 Å². The summed E-state index contributed by atoms with van der Waals surface area (Å²) in [4.78, 5) is 16.2. The molecule has 6 nitrogen and oxygen atoms in total. The summed E-state index contributed by atoms with van der Waals surface area (Å²) in [7, 11) is 0. The maximum atomic E-state index is 14.0. The van der Waals surface area contributed by atoms with Gasteiger partial charge >= 0.3 is 0 Å². The van der Waals surface area contributed by atoms with E-state index in [1.165, 1.54) is 6.07 Å². The molecule has 1 aromatic rings. The van der Waals surface area contributed by atoms with E-state index in [0.29, 0.717) is 51.6 Å². The number of ether oxygens (including phenoxy) is 2. The molecule has 0 unspecified atom stereocenters. The highest BCUT2D eigenvalue weighted by Gasteiger charge is 2.38. The Morgan fingerprint density at radius 3 is 2.68 bits per heavy atom. The molecular formula is C18H25FN2O4. The van der Waals surface area contributed by atoms with E-state index in [4.69, 9.17) is 9.47 Å². The summed E-state index contributed by atoms with van der Waals surface area (Å²) in [5, 5.41) is 9.91. The van der Waals surface area contributed by atoms with Gasteiger partial charge in [0.1, 0.15) is 11.4 Å². The number of halogens is 1. The van der Waals surface area contributed by atoms with Gasteiger partial charge in [-0.1, -0.05) is 18.2 Å². The molecule has 1 atom stereocenters. The summed E-state index contributed by atoms with van der Waals surface area (Å²) in [6, 6.07) is 6.52. The average molecular weight is 352 g/mol. The van der Waals surface area contributed by atoms with E-state index >= 15 is 0 Å². The number of hydrogen-bond donors (Lipinski definition) is 1. The fraction of sp³-hybridized carbons (Fsp3) is 0.611. The molecule has 25 heavy (non-hydrogen) atoms. The smallest absolute Gasteiger partial charge is 0.236 e. The highest BCUT2D eigenvalue weighted by Crippen LogP contribution is 2.24. The van der Waals surface area contributed by atoms with Gasteiger partial charge in [-0.2, -0.15) is 0 Å². The molecule has 0 spiro atoms. The molecule has 7 heteroatoms. The fourth-order valence-electron chi connectivity index (χ4n) is 3.41. The van der Waals surface area contributed by atoms with Crippen LogP contribution in [0.3, 0.4) is 0 Å². The normalized spacial score (nSPS) is 25.1. The lowest BCUT2D eigenvalue weighted by atomic mass is 9.92. The zero-order chi connectivity index (χ0) is 17.7. The van der Waals surface area contributed by atoms with Crippen LogP contribution in [0.2, 0.25) is 0 Å². The van der Waals surface area contributed by atoms with E-state index in [9.17, 15) is 14.3 Å². The molecule has 0 aromatic heterocycles. The number of hydrogen-bond acceptors (Lipinski definition) is 5. The lowest BCUT2D eigenvalue weighted by Gasteiger charge is -2.42. The van der Waals surface area contributed by atoms with E-state index in [2.05, 4.69) is 0 Å². The summed E-state index contributed by atoms with van der Waals surface area (Å²) in [5.74, 6) is -0.247. The second-order valence-electron chi connectivity index (χ2n) is 6.66. The van der Waals surface area contributed by atoms with Gasteiger partial charge in [0, 0.05) is 32.6 Å². The first-order valence-electron chi connectivity index (χ1n) is 8.68. The minimum atomic E-state index is -0.883. The number of nitrogens with zero attached hydrogens (tertiary/aromatic N) is 2. The quantitative estimate of drug-likeness (QED) is 0.825. The molecule has 0 saturated carbocycles. The molecule has 2 aliphatic heterocycles. The van der Waals surface area contributed by atoms with Crippen LogP contribution in [0.5, 0.6) is 0 Å². The maximum absolute atomic E-state index is 14.0. The van der Waals surface area contributed by atoms with Crippen molar-refractivity contribution in [3.05, 3.63) is 35.6 Å². The van der Waals surface area contributed by atoms with Gasteiger partial charge in [0.2, 0.25) is 5.91 Å². The van der Waals surface area contributed by atoms with Gasteiger partial charge < -0.3 is 19.5 Å². The van der Waals surface area contributed by atoms with Gasteiger partial charge in [0.25, 0.3) is 0 Å². The minimum Gasteiger partial charge on any atom is -0.393 e. The molecule has 2 heterocycles. The molecule has 1 N–H and O–H groups in total. The van der Waals surface area contributed by atoms with Crippen LogP contribution < -0.4 is 0 Å². The largest absolute Gasteiger partial charge is 0.393 e. The molecule has 3 rings (SSSR count). The number of morpholine rings is 2. The number of carbonyl (C=O) groups is 1. The Bertz CT molecular complexity index is 594. The first-order chi connectivity index (χ1) is 12.1. The highest BCUT2D eigenvalue weighted by atomic mass is 19.1. The minimum absolute atomic E-state index is 0.0583. The predicted octanol–water partition coefficient (Wildman–Crippen LogP) is 0.290. The predicted molar refractivity (Wildman–Crippen MR) is 89.7 cm³/mol. The van der Waals surface area contributed by atoms with Crippen molar-refractivity contribution in [1.29, 1.82) is 0 Å². The third-order valence-electron chi connectivity index (χ3n) is 4.81. The van der Waals surface area contributed by atoms with E-state index in [1.54, 1.807) is 23.1 Å². The molecule has 0 radical (unpaired) electrons. The van der Waals surface area contributed by atoms with Crippen molar-refractivity contribution in [1.82, 2.24) is 9.80 Å².